The van der Waals surface area contributed by atoms with Gasteiger partial charge in [-0.15, -0.1) is 0 Å². The van der Waals surface area contributed by atoms with E-state index in [0.717, 1.165) is 0 Å². The fraction of sp³-hybridized carbons (Fsp3) is 0.0556. The third-order valence-corrected chi connectivity index (χ3v) is 16.4. The van der Waals surface area contributed by atoms with Gasteiger partial charge in [0, 0.05) is 0 Å². The van der Waals surface area contributed by atoms with Gasteiger partial charge in [-0.25, -0.2) is 0 Å². The molecule has 0 atom stereocenters. The Morgan fingerprint density at radius 1 is 0.463 bits per heavy atom. The normalized spacial score (nSPS) is 14.4. The van der Waals surface area contributed by atoms with Crippen LogP contribution in [0.4, 0.5) is 0 Å². The van der Waals surface area contributed by atoms with Crippen molar-refractivity contribution in [1.82, 2.24) is 0 Å². The molecule has 6 rings (SSSR count). The van der Waals surface area contributed by atoms with Crippen molar-refractivity contribution in [2.45, 2.75) is 7.25 Å². The van der Waals surface area contributed by atoms with Crippen LogP contribution in [0.1, 0.15) is 31.8 Å². The predicted octanol–water partition coefficient (Wildman–Crippen LogP) is 8.42. The SMILES string of the molecule is O=C(c1ccccc1)c1cccc([O][Zr]([O]c2cccc(C(=O)c3ccccc3)c2)([CH]2C=CC=C2)[CH]2C=CC=C2)c1. The number of carbonyl (C=O) groups is 2. The monoisotopic (exact) mass is 614 g/mol. The first-order valence-corrected chi connectivity index (χ1v) is 18.4. The van der Waals surface area contributed by atoms with Crippen LogP contribution in [0.3, 0.4) is 0 Å². The van der Waals surface area contributed by atoms with Crippen LogP contribution < -0.4 is 5.63 Å². The number of allylic oxidation sites excluding steroid dienone is 8. The van der Waals surface area contributed by atoms with E-state index >= 15 is 0 Å². The molecule has 0 amide bonds. The first kappa shape index (κ1) is 26.9. The third kappa shape index (κ3) is 5.77. The molecule has 0 saturated heterocycles. The summed E-state index contributed by atoms with van der Waals surface area (Å²) in [6, 6.07) is 33.2. The zero-order chi connectivity index (χ0) is 28.1. The van der Waals surface area contributed by atoms with E-state index in [-0.39, 0.29) is 18.8 Å². The Kier molecular flexibility index (Phi) is 7.89. The van der Waals surface area contributed by atoms with Gasteiger partial charge in [0.25, 0.3) is 0 Å². The quantitative estimate of drug-likeness (QED) is 0.168. The summed E-state index contributed by atoms with van der Waals surface area (Å²) in [4.78, 5) is 26.5. The second-order valence-corrected chi connectivity index (χ2v) is 17.8. The van der Waals surface area contributed by atoms with E-state index < -0.39 is 21.1 Å². The molecule has 4 aromatic carbocycles. The van der Waals surface area contributed by atoms with Crippen molar-refractivity contribution < 1.29 is 36.4 Å². The first-order chi connectivity index (χ1) is 20.1. The first-order valence-electron chi connectivity index (χ1n) is 13.6. The van der Waals surface area contributed by atoms with E-state index in [9.17, 15) is 9.59 Å². The maximum absolute atomic E-state index is 13.2. The Morgan fingerprint density at radius 3 is 1.22 bits per heavy atom. The van der Waals surface area contributed by atoms with E-state index in [0.29, 0.717) is 33.8 Å². The van der Waals surface area contributed by atoms with Crippen molar-refractivity contribution in [3.05, 3.63) is 180 Å². The van der Waals surface area contributed by atoms with Crippen LogP contribution in [0.2, 0.25) is 7.25 Å². The summed E-state index contributed by atoms with van der Waals surface area (Å²) >= 11 is -4.29. The van der Waals surface area contributed by atoms with Gasteiger partial charge in [0.1, 0.15) is 0 Å². The molecule has 0 aromatic heterocycles. The molecule has 0 aliphatic heterocycles. The number of hydrogen-bond acceptors (Lipinski definition) is 4. The summed E-state index contributed by atoms with van der Waals surface area (Å²) in [6.07, 6.45) is 16.6. The van der Waals surface area contributed by atoms with E-state index in [4.69, 9.17) is 5.63 Å². The molecular weight excluding hydrogens is 588 g/mol. The Hall–Kier alpha value is -4.34. The van der Waals surface area contributed by atoms with Crippen molar-refractivity contribution in [1.29, 1.82) is 0 Å². The molecule has 4 nitrogen and oxygen atoms in total. The summed E-state index contributed by atoms with van der Waals surface area (Å²) < 4.78 is 14.0. The van der Waals surface area contributed by atoms with Crippen LogP contribution in [-0.4, -0.2) is 11.6 Å². The molecule has 0 N–H and O–H groups in total. The van der Waals surface area contributed by atoms with E-state index in [1.807, 2.05) is 133 Å². The predicted molar refractivity (Wildman–Crippen MR) is 158 cm³/mol. The van der Waals surface area contributed by atoms with Crippen LogP contribution in [-0.2, 0) is 21.1 Å². The van der Waals surface area contributed by atoms with Gasteiger partial charge in [-0.3, -0.25) is 0 Å². The summed E-state index contributed by atoms with van der Waals surface area (Å²) in [5, 5.41) is 0. The van der Waals surface area contributed by atoms with Crippen molar-refractivity contribution in [2.24, 2.45) is 0 Å². The molecule has 0 spiro atoms. The Bertz CT molecular complexity index is 1530. The van der Waals surface area contributed by atoms with E-state index in [1.54, 1.807) is 0 Å². The number of carbonyl (C=O) groups excluding carboxylic acids is 2. The molecule has 2 aliphatic carbocycles. The van der Waals surface area contributed by atoms with Crippen LogP contribution in [0.5, 0.6) is 11.5 Å². The second kappa shape index (κ2) is 12.0. The zero-order valence-corrected chi connectivity index (χ0v) is 24.8. The molecule has 5 heteroatoms. The van der Waals surface area contributed by atoms with Crippen molar-refractivity contribution in [3.8, 4) is 11.5 Å². The van der Waals surface area contributed by atoms with Crippen molar-refractivity contribution in [2.75, 3.05) is 0 Å². The molecule has 0 bridgehead atoms. The average molecular weight is 616 g/mol. The Labute approximate surface area is 245 Å². The van der Waals surface area contributed by atoms with Gasteiger partial charge in [-0.1, -0.05) is 0 Å². The van der Waals surface area contributed by atoms with Crippen molar-refractivity contribution >= 4 is 11.6 Å². The molecular formula is C36H28O4Zr. The van der Waals surface area contributed by atoms with Crippen LogP contribution >= 0.6 is 0 Å². The summed E-state index contributed by atoms with van der Waals surface area (Å²) in [7, 11) is 0. The van der Waals surface area contributed by atoms with Gasteiger partial charge in [0.15, 0.2) is 0 Å². The third-order valence-electron chi connectivity index (χ3n) is 7.24. The molecule has 0 radical (unpaired) electrons. The van der Waals surface area contributed by atoms with Crippen LogP contribution in [0, 0.1) is 0 Å². The molecule has 0 unspecified atom stereocenters. The summed E-state index contributed by atoms with van der Waals surface area (Å²) in [6.45, 7) is 0. The molecule has 0 heterocycles. The zero-order valence-electron chi connectivity index (χ0n) is 22.3. The number of hydrogen-bond donors (Lipinski definition) is 0. The van der Waals surface area contributed by atoms with Gasteiger partial charge in [-0.05, 0) is 0 Å². The standard InChI is InChI=1S/2C13H10O2.2C5H5.Zr/c2*14-12-8-4-7-11(9-12)13(15)10-5-2-1-3-6-10;2*1-2-4-5-3-1;/h2*1-9,14H;2*1-5H;/q;;;;+2/p-2. The van der Waals surface area contributed by atoms with Crippen LogP contribution in [0.15, 0.2) is 158 Å². The molecule has 4 aromatic rings. The average Bonchev–Trinajstić information content (AvgIpc) is 3.77. The Morgan fingerprint density at radius 2 is 0.829 bits per heavy atom. The molecule has 2 aliphatic rings. The minimum absolute atomic E-state index is 0.0383. The van der Waals surface area contributed by atoms with Gasteiger partial charge >= 0.3 is 247 Å². The number of ketones is 2. The fourth-order valence-corrected chi connectivity index (χ4v) is 13.9. The maximum atomic E-state index is 13.2. The molecule has 200 valence electrons. The summed E-state index contributed by atoms with van der Waals surface area (Å²) in [5.41, 5.74) is 2.36. The molecule has 41 heavy (non-hydrogen) atoms. The fourth-order valence-electron chi connectivity index (χ4n) is 5.20. The van der Waals surface area contributed by atoms with Gasteiger partial charge < -0.3 is 0 Å². The number of rotatable bonds is 10. The van der Waals surface area contributed by atoms with Gasteiger partial charge in [0.2, 0.25) is 0 Å². The van der Waals surface area contributed by atoms with Gasteiger partial charge in [-0.2, -0.15) is 0 Å². The molecule has 0 saturated carbocycles. The van der Waals surface area contributed by atoms with E-state index in [1.165, 1.54) is 0 Å². The minimum atomic E-state index is -4.29. The van der Waals surface area contributed by atoms with Gasteiger partial charge in [0.05, 0.1) is 0 Å². The summed E-state index contributed by atoms with van der Waals surface area (Å²) in [5.74, 6) is 1.07. The molecule has 0 fully saturated rings. The topological polar surface area (TPSA) is 52.6 Å². The second-order valence-electron chi connectivity index (χ2n) is 9.96. The van der Waals surface area contributed by atoms with E-state index in [2.05, 4.69) is 24.3 Å². The Balaban J connectivity index is 1.38. The number of benzene rings is 4. The van der Waals surface area contributed by atoms with Crippen LogP contribution in [0.25, 0.3) is 0 Å². The van der Waals surface area contributed by atoms with Crippen molar-refractivity contribution in [3.63, 3.8) is 0 Å².